The third kappa shape index (κ3) is 13.9. The molecule has 1 rings (SSSR count). The van der Waals surface area contributed by atoms with Crippen molar-refractivity contribution >= 4 is 39.2 Å². The quantitative estimate of drug-likeness (QED) is 0.183. The van der Waals surface area contributed by atoms with Crippen molar-refractivity contribution in [3.63, 3.8) is 0 Å². The smallest absolute Gasteiger partial charge is 0.344 e. The van der Waals surface area contributed by atoms with Crippen LogP contribution in [-0.2, 0) is 25.5 Å². The van der Waals surface area contributed by atoms with E-state index < -0.39 is 11.6 Å². The second-order valence-electron chi connectivity index (χ2n) is 10.4. The Labute approximate surface area is 226 Å². The SMILES string of the molecule is CCC(C)Cc1c(C(C)=O)ccc(Br)c1OCC(=O)OC(C)(C)C.CCCC(=O)CCC(C)C(C)=O. The molecule has 1 aromatic rings. The van der Waals surface area contributed by atoms with E-state index in [1.54, 1.807) is 26.0 Å². The van der Waals surface area contributed by atoms with Crippen LogP contribution in [0.25, 0.3) is 0 Å². The van der Waals surface area contributed by atoms with Crippen molar-refractivity contribution in [1.29, 1.82) is 0 Å². The average Bonchev–Trinajstić information content (AvgIpc) is 2.76. The van der Waals surface area contributed by atoms with Crippen LogP contribution in [0, 0.1) is 11.8 Å². The molecule has 2 unspecified atom stereocenters. The van der Waals surface area contributed by atoms with E-state index in [-0.39, 0.29) is 29.9 Å². The molecular formula is C29H45BrO6. The summed E-state index contributed by atoms with van der Waals surface area (Å²) < 4.78 is 11.7. The van der Waals surface area contributed by atoms with Gasteiger partial charge >= 0.3 is 5.97 Å². The number of rotatable bonds is 13. The Bertz CT molecular complexity index is 884. The lowest BCUT2D eigenvalue weighted by Gasteiger charge is -2.21. The minimum Gasteiger partial charge on any atom is -0.480 e. The number of ketones is 3. The minimum atomic E-state index is -0.557. The summed E-state index contributed by atoms with van der Waals surface area (Å²) in [7, 11) is 0. The molecule has 0 aliphatic carbocycles. The maximum Gasteiger partial charge on any atom is 0.344 e. The number of Topliss-reactive ketones (excluding diaryl/α,β-unsaturated/α-hetero) is 3. The maximum absolute atomic E-state index is 12.0. The molecular weight excluding hydrogens is 524 g/mol. The van der Waals surface area contributed by atoms with Gasteiger partial charge < -0.3 is 9.47 Å². The van der Waals surface area contributed by atoms with Gasteiger partial charge in [0.2, 0.25) is 0 Å². The van der Waals surface area contributed by atoms with E-state index in [1.807, 2.05) is 34.6 Å². The number of esters is 1. The standard InChI is InChI=1S/C19H27BrO4.C10H18O2/c1-7-12(2)10-15-14(13(3)21)8-9-16(20)18(15)23-11-17(22)24-19(4,5)6;1-4-5-10(12)7-6-8(2)9(3)11/h8-9,12H,7,10-11H2,1-6H3;8H,4-7H2,1-3H3. The summed E-state index contributed by atoms with van der Waals surface area (Å²) in [6.45, 7) is 16.5. The first kappa shape index (κ1) is 34.0. The largest absolute Gasteiger partial charge is 0.480 e. The van der Waals surface area contributed by atoms with Gasteiger partial charge in [-0.05, 0) is 87.9 Å². The molecule has 0 bridgehead atoms. The third-order valence-corrected chi connectivity index (χ3v) is 6.30. The van der Waals surface area contributed by atoms with Crippen LogP contribution in [0.4, 0.5) is 0 Å². The molecule has 0 saturated heterocycles. The number of hydrogen-bond acceptors (Lipinski definition) is 6. The van der Waals surface area contributed by atoms with E-state index in [4.69, 9.17) is 9.47 Å². The number of hydrogen-bond donors (Lipinski definition) is 0. The molecule has 204 valence electrons. The molecule has 0 aliphatic heterocycles. The summed E-state index contributed by atoms with van der Waals surface area (Å²) in [6.07, 6.45) is 4.56. The van der Waals surface area contributed by atoms with Crippen LogP contribution in [0.1, 0.15) is 110 Å². The van der Waals surface area contributed by atoms with E-state index in [9.17, 15) is 19.2 Å². The van der Waals surface area contributed by atoms with Gasteiger partial charge in [0.25, 0.3) is 0 Å². The zero-order valence-electron chi connectivity index (χ0n) is 23.6. The Morgan fingerprint density at radius 3 is 2.08 bits per heavy atom. The van der Waals surface area contributed by atoms with E-state index in [1.165, 1.54) is 0 Å². The Kier molecular flexibility index (Phi) is 15.7. The summed E-state index contributed by atoms with van der Waals surface area (Å²) in [6, 6.07) is 3.58. The monoisotopic (exact) mass is 568 g/mol. The van der Waals surface area contributed by atoms with E-state index in [2.05, 4.69) is 29.8 Å². The predicted octanol–water partition coefficient (Wildman–Crippen LogP) is 7.32. The lowest BCUT2D eigenvalue weighted by Crippen LogP contribution is -2.27. The molecule has 0 aliphatic rings. The van der Waals surface area contributed by atoms with Crippen molar-refractivity contribution < 1.29 is 28.7 Å². The van der Waals surface area contributed by atoms with Gasteiger partial charge in [-0.25, -0.2) is 4.79 Å². The van der Waals surface area contributed by atoms with Gasteiger partial charge in [-0.3, -0.25) is 14.4 Å². The first-order valence-corrected chi connectivity index (χ1v) is 13.6. The van der Waals surface area contributed by atoms with Gasteiger partial charge in [0.05, 0.1) is 4.47 Å². The summed E-state index contributed by atoms with van der Waals surface area (Å²) in [5.74, 6) is 1.02. The topological polar surface area (TPSA) is 86.7 Å². The van der Waals surface area contributed by atoms with Crippen molar-refractivity contribution in [3.8, 4) is 5.75 Å². The molecule has 36 heavy (non-hydrogen) atoms. The van der Waals surface area contributed by atoms with Crippen molar-refractivity contribution in [2.24, 2.45) is 11.8 Å². The van der Waals surface area contributed by atoms with Crippen LogP contribution >= 0.6 is 15.9 Å². The average molecular weight is 570 g/mol. The van der Waals surface area contributed by atoms with E-state index in [0.717, 1.165) is 22.9 Å². The molecule has 1 aromatic carbocycles. The molecule has 0 spiro atoms. The third-order valence-electron chi connectivity index (χ3n) is 5.67. The zero-order chi connectivity index (χ0) is 28.1. The highest BCUT2D eigenvalue weighted by atomic mass is 79.9. The Hall–Kier alpha value is -2.02. The van der Waals surface area contributed by atoms with E-state index >= 15 is 0 Å². The first-order valence-electron chi connectivity index (χ1n) is 12.8. The fourth-order valence-corrected chi connectivity index (χ4v) is 3.75. The highest BCUT2D eigenvalue weighted by molar-refractivity contribution is 9.10. The minimum absolute atomic E-state index is 0.0112. The summed E-state index contributed by atoms with van der Waals surface area (Å²) in [5, 5.41) is 0. The van der Waals surface area contributed by atoms with Gasteiger partial charge in [0.1, 0.15) is 22.9 Å². The van der Waals surface area contributed by atoms with Crippen molar-refractivity contribution in [3.05, 3.63) is 27.7 Å². The van der Waals surface area contributed by atoms with E-state index in [0.29, 0.717) is 42.9 Å². The van der Waals surface area contributed by atoms with Crippen LogP contribution < -0.4 is 4.74 Å². The zero-order valence-corrected chi connectivity index (χ0v) is 25.2. The molecule has 0 amide bonds. The lowest BCUT2D eigenvalue weighted by atomic mass is 9.93. The Morgan fingerprint density at radius 1 is 1.00 bits per heavy atom. The molecule has 0 aromatic heterocycles. The molecule has 0 radical (unpaired) electrons. The van der Waals surface area contributed by atoms with Crippen LogP contribution in [-0.4, -0.2) is 35.5 Å². The molecule has 2 atom stereocenters. The maximum atomic E-state index is 12.0. The molecule has 0 saturated carbocycles. The van der Waals surface area contributed by atoms with Crippen LogP contribution in [0.5, 0.6) is 5.75 Å². The number of carbonyl (C=O) groups excluding carboxylic acids is 4. The lowest BCUT2D eigenvalue weighted by molar-refractivity contribution is -0.157. The van der Waals surface area contributed by atoms with Gasteiger partial charge in [0.15, 0.2) is 12.4 Å². The fourth-order valence-electron chi connectivity index (χ4n) is 3.27. The van der Waals surface area contributed by atoms with Crippen molar-refractivity contribution in [2.75, 3.05) is 6.61 Å². The molecule has 7 heteroatoms. The Morgan fingerprint density at radius 2 is 1.61 bits per heavy atom. The summed E-state index contributed by atoms with van der Waals surface area (Å²) >= 11 is 3.47. The van der Waals surface area contributed by atoms with Crippen LogP contribution in [0.2, 0.25) is 0 Å². The Balaban J connectivity index is 0.000000860. The van der Waals surface area contributed by atoms with Crippen molar-refractivity contribution in [1.82, 2.24) is 0 Å². The van der Waals surface area contributed by atoms with Crippen LogP contribution in [0.3, 0.4) is 0 Å². The molecule has 0 heterocycles. The van der Waals surface area contributed by atoms with Gasteiger partial charge in [-0.2, -0.15) is 0 Å². The fraction of sp³-hybridized carbons (Fsp3) is 0.655. The summed E-state index contributed by atoms with van der Waals surface area (Å²) in [5.41, 5.74) is 0.922. The number of ether oxygens (including phenoxy) is 2. The highest BCUT2D eigenvalue weighted by Crippen LogP contribution is 2.34. The second kappa shape index (κ2) is 16.7. The van der Waals surface area contributed by atoms with Gasteiger partial charge in [0, 0.05) is 29.9 Å². The first-order chi connectivity index (χ1) is 16.6. The normalized spacial score (nSPS) is 12.6. The summed E-state index contributed by atoms with van der Waals surface area (Å²) in [4.78, 5) is 45.7. The predicted molar refractivity (Wildman–Crippen MR) is 148 cm³/mol. The van der Waals surface area contributed by atoms with Gasteiger partial charge in [-0.1, -0.05) is 34.1 Å². The highest BCUT2D eigenvalue weighted by Gasteiger charge is 2.21. The van der Waals surface area contributed by atoms with Gasteiger partial charge in [-0.15, -0.1) is 0 Å². The molecule has 6 nitrogen and oxygen atoms in total. The molecule has 0 N–H and O–H groups in total. The van der Waals surface area contributed by atoms with Crippen LogP contribution in [0.15, 0.2) is 16.6 Å². The second-order valence-corrected chi connectivity index (χ2v) is 11.2. The van der Waals surface area contributed by atoms with Crippen molar-refractivity contribution in [2.45, 2.75) is 106 Å². The molecule has 0 fully saturated rings. The number of benzene rings is 1. The number of halogens is 1. The number of carbonyl (C=O) groups is 4.